The van der Waals surface area contributed by atoms with Gasteiger partial charge in [-0.1, -0.05) is 25.4 Å². The normalized spacial score (nSPS) is 12.9. The molecule has 0 bridgehead atoms. The van der Waals surface area contributed by atoms with Gasteiger partial charge in [0.1, 0.15) is 0 Å². The summed E-state index contributed by atoms with van der Waals surface area (Å²) in [5.74, 6) is 0. The van der Waals surface area contributed by atoms with Gasteiger partial charge in [-0.2, -0.15) is 0 Å². The van der Waals surface area contributed by atoms with E-state index in [9.17, 15) is 8.42 Å². The Bertz CT molecular complexity index is 586. The quantitative estimate of drug-likeness (QED) is 0.795. The van der Waals surface area contributed by atoms with Crippen molar-refractivity contribution < 1.29 is 8.42 Å². The Morgan fingerprint density at radius 3 is 2.48 bits per heavy atom. The lowest BCUT2D eigenvalue weighted by Gasteiger charge is -2.28. The smallest absolute Gasteiger partial charge is 0.240 e. The summed E-state index contributed by atoms with van der Waals surface area (Å²) < 4.78 is 27.3. The van der Waals surface area contributed by atoms with Gasteiger partial charge in [0.25, 0.3) is 0 Å². The van der Waals surface area contributed by atoms with Crippen molar-refractivity contribution in [2.75, 3.05) is 27.2 Å². The minimum atomic E-state index is -3.56. The second kappa shape index (κ2) is 7.07. The van der Waals surface area contributed by atoms with Crippen LogP contribution in [-0.4, -0.2) is 40.5 Å². The van der Waals surface area contributed by atoms with Crippen molar-refractivity contribution >= 4 is 21.6 Å². The van der Waals surface area contributed by atoms with Gasteiger partial charge >= 0.3 is 0 Å². The monoisotopic (exact) mass is 333 g/mol. The Hall–Kier alpha value is -0.660. The second-order valence-electron chi connectivity index (χ2n) is 6.18. The topological polar surface area (TPSA) is 75.4 Å². The third-order valence-electron chi connectivity index (χ3n) is 3.03. The lowest BCUT2D eigenvalue weighted by atomic mass is 9.93. The molecule has 0 fully saturated rings. The maximum absolute atomic E-state index is 12.3. The van der Waals surface area contributed by atoms with Gasteiger partial charge in [0.15, 0.2) is 0 Å². The van der Waals surface area contributed by atoms with E-state index in [2.05, 4.69) is 4.72 Å². The molecule has 0 heterocycles. The number of hydrogen-bond acceptors (Lipinski definition) is 4. The van der Waals surface area contributed by atoms with E-state index in [4.69, 9.17) is 17.3 Å². The molecule has 5 nitrogen and oxygen atoms in total. The predicted molar refractivity (Wildman–Crippen MR) is 86.9 cm³/mol. The Labute approximate surface area is 132 Å². The van der Waals surface area contributed by atoms with Crippen molar-refractivity contribution in [3.05, 3.63) is 28.8 Å². The Balaban J connectivity index is 2.87. The first-order valence-electron chi connectivity index (χ1n) is 6.70. The number of halogens is 1. The molecule has 1 aromatic rings. The van der Waals surface area contributed by atoms with E-state index in [1.165, 1.54) is 12.1 Å². The Morgan fingerprint density at radius 1 is 1.33 bits per heavy atom. The minimum Gasteiger partial charge on any atom is -0.326 e. The van der Waals surface area contributed by atoms with Crippen LogP contribution < -0.4 is 10.5 Å². The summed E-state index contributed by atoms with van der Waals surface area (Å²) in [6.45, 7) is 5.37. The highest BCUT2D eigenvalue weighted by molar-refractivity contribution is 7.89. The lowest BCUT2D eigenvalue weighted by Crippen LogP contribution is -2.39. The van der Waals surface area contributed by atoms with Gasteiger partial charge in [-0.25, -0.2) is 13.1 Å². The average Bonchev–Trinajstić information content (AvgIpc) is 2.35. The van der Waals surface area contributed by atoms with Crippen LogP contribution in [0.3, 0.4) is 0 Å². The molecule has 21 heavy (non-hydrogen) atoms. The number of rotatable bonds is 7. The molecule has 7 heteroatoms. The fourth-order valence-corrected chi connectivity index (χ4v) is 3.65. The average molecular weight is 334 g/mol. The van der Waals surface area contributed by atoms with E-state index >= 15 is 0 Å². The zero-order chi connectivity index (χ0) is 16.3. The number of nitrogens with one attached hydrogen (secondary N) is 1. The van der Waals surface area contributed by atoms with Gasteiger partial charge in [0, 0.05) is 24.7 Å². The number of sulfonamides is 1. The van der Waals surface area contributed by atoms with Crippen LogP contribution in [0.2, 0.25) is 5.02 Å². The third-order valence-corrected chi connectivity index (χ3v) is 4.80. The third kappa shape index (κ3) is 5.56. The summed E-state index contributed by atoms with van der Waals surface area (Å²) in [5, 5.41) is 0.476. The number of nitrogens with zero attached hydrogens (tertiary/aromatic N) is 1. The van der Waals surface area contributed by atoms with E-state index in [1.54, 1.807) is 6.07 Å². The van der Waals surface area contributed by atoms with Gasteiger partial charge in [0.2, 0.25) is 10.0 Å². The van der Waals surface area contributed by atoms with Gasteiger partial charge in [0.05, 0.1) is 4.90 Å². The molecule has 0 amide bonds. The maximum Gasteiger partial charge on any atom is 0.240 e. The Morgan fingerprint density at radius 2 is 1.95 bits per heavy atom. The van der Waals surface area contributed by atoms with Gasteiger partial charge < -0.3 is 10.6 Å². The number of hydrogen-bond donors (Lipinski definition) is 2. The van der Waals surface area contributed by atoms with Crippen LogP contribution >= 0.6 is 11.6 Å². The molecule has 0 aromatic heterocycles. The SMILES string of the molecule is CN(C)CC(C)(C)CNS(=O)(=O)c1ccc(Cl)c(CN)c1. The summed E-state index contributed by atoms with van der Waals surface area (Å²) in [5.41, 5.74) is 6.01. The molecule has 0 spiro atoms. The fraction of sp³-hybridized carbons (Fsp3) is 0.571. The summed E-state index contributed by atoms with van der Waals surface area (Å²) in [4.78, 5) is 2.22. The van der Waals surface area contributed by atoms with Crippen molar-refractivity contribution in [1.29, 1.82) is 0 Å². The molecule has 1 rings (SSSR count). The van der Waals surface area contributed by atoms with Crippen molar-refractivity contribution in [2.24, 2.45) is 11.1 Å². The van der Waals surface area contributed by atoms with Crippen molar-refractivity contribution in [1.82, 2.24) is 9.62 Å². The number of benzene rings is 1. The summed E-state index contributed by atoms with van der Waals surface area (Å²) in [6.07, 6.45) is 0. The molecule has 0 aliphatic carbocycles. The first-order chi connectivity index (χ1) is 9.57. The molecular weight excluding hydrogens is 310 g/mol. The van der Waals surface area contributed by atoms with Gasteiger partial charge in [-0.05, 0) is 43.3 Å². The molecule has 0 aliphatic rings. The van der Waals surface area contributed by atoms with Gasteiger partial charge in [-0.3, -0.25) is 0 Å². The second-order valence-corrected chi connectivity index (χ2v) is 8.36. The highest BCUT2D eigenvalue weighted by Crippen LogP contribution is 2.21. The largest absolute Gasteiger partial charge is 0.326 e. The molecule has 0 atom stereocenters. The zero-order valence-electron chi connectivity index (χ0n) is 13.0. The molecule has 0 aliphatic heterocycles. The molecule has 0 radical (unpaired) electrons. The molecular formula is C14H24ClN3O2S. The van der Waals surface area contributed by atoms with Crippen LogP contribution in [0.1, 0.15) is 19.4 Å². The summed E-state index contributed by atoms with van der Waals surface area (Å²) in [7, 11) is 0.361. The standard InChI is InChI=1S/C14H24ClN3O2S/c1-14(2,10-18(3)4)9-17-21(19,20)12-5-6-13(15)11(7-12)8-16/h5-7,17H,8-10,16H2,1-4H3. The molecule has 0 saturated heterocycles. The van der Waals surface area contributed by atoms with Crippen molar-refractivity contribution in [3.8, 4) is 0 Å². The van der Waals surface area contributed by atoms with E-state index < -0.39 is 10.0 Å². The van der Waals surface area contributed by atoms with Crippen molar-refractivity contribution in [3.63, 3.8) is 0 Å². The van der Waals surface area contributed by atoms with E-state index in [-0.39, 0.29) is 16.9 Å². The van der Waals surface area contributed by atoms with E-state index in [0.29, 0.717) is 17.1 Å². The van der Waals surface area contributed by atoms with Crippen LogP contribution in [0.5, 0.6) is 0 Å². The highest BCUT2D eigenvalue weighted by Gasteiger charge is 2.23. The van der Waals surface area contributed by atoms with E-state index in [0.717, 1.165) is 6.54 Å². The van der Waals surface area contributed by atoms with Crippen LogP contribution in [0, 0.1) is 5.41 Å². The van der Waals surface area contributed by atoms with Crippen LogP contribution in [0.15, 0.2) is 23.1 Å². The molecule has 120 valence electrons. The first-order valence-corrected chi connectivity index (χ1v) is 8.56. The molecule has 0 unspecified atom stereocenters. The molecule has 0 saturated carbocycles. The van der Waals surface area contributed by atoms with Gasteiger partial charge in [-0.15, -0.1) is 0 Å². The van der Waals surface area contributed by atoms with Crippen LogP contribution in [-0.2, 0) is 16.6 Å². The van der Waals surface area contributed by atoms with Crippen LogP contribution in [0.4, 0.5) is 0 Å². The molecule has 3 N–H and O–H groups in total. The first kappa shape index (κ1) is 18.4. The maximum atomic E-state index is 12.3. The summed E-state index contributed by atoms with van der Waals surface area (Å²) in [6, 6.07) is 4.57. The van der Waals surface area contributed by atoms with Crippen molar-refractivity contribution in [2.45, 2.75) is 25.3 Å². The van der Waals surface area contributed by atoms with Crippen LogP contribution in [0.25, 0.3) is 0 Å². The predicted octanol–water partition coefficient (Wildman–Crippen LogP) is 1.66. The highest BCUT2D eigenvalue weighted by atomic mass is 35.5. The minimum absolute atomic E-state index is 0.167. The molecule has 1 aromatic carbocycles. The zero-order valence-corrected chi connectivity index (χ0v) is 14.6. The van der Waals surface area contributed by atoms with E-state index in [1.807, 2.05) is 32.8 Å². The number of nitrogens with two attached hydrogens (primary N) is 1. The fourth-order valence-electron chi connectivity index (χ4n) is 2.16. The lowest BCUT2D eigenvalue weighted by molar-refractivity contribution is 0.242. The summed E-state index contributed by atoms with van der Waals surface area (Å²) >= 11 is 5.95. The Kier molecular flexibility index (Phi) is 6.19.